The van der Waals surface area contributed by atoms with Gasteiger partial charge in [0, 0.05) is 4.88 Å². The first-order chi connectivity index (χ1) is 7.13. The molecule has 1 fully saturated rings. The number of nitrogens with zero attached hydrogens (tertiary/aromatic N) is 2. The smallest absolute Gasteiger partial charge is 0.244 e. The molecule has 0 spiro atoms. The molecule has 76 valence electrons. The van der Waals surface area contributed by atoms with E-state index in [0.717, 1.165) is 4.88 Å². The van der Waals surface area contributed by atoms with E-state index in [1.54, 1.807) is 6.07 Å². The van der Waals surface area contributed by atoms with Crippen molar-refractivity contribution < 1.29 is 4.79 Å². The number of rotatable bonds is 1. The van der Waals surface area contributed by atoms with Gasteiger partial charge in [-0.2, -0.15) is 5.26 Å². The maximum atomic E-state index is 11.5. The zero-order valence-corrected chi connectivity index (χ0v) is 9.54. The summed E-state index contributed by atoms with van der Waals surface area (Å²) in [4.78, 5) is 13.8. The monoisotopic (exact) mass is 237 g/mol. The van der Waals surface area contributed by atoms with Gasteiger partial charge in [0.2, 0.25) is 5.91 Å². The minimum absolute atomic E-state index is 0.122. The molecule has 4 nitrogen and oxygen atoms in total. The molecule has 1 saturated heterocycles. The second-order valence-corrected chi connectivity index (χ2v) is 5.21. The Hall–Kier alpha value is -1.32. The molecule has 2 rings (SSSR count). The van der Waals surface area contributed by atoms with Crippen molar-refractivity contribution in [2.24, 2.45) is 0 Å². The highest BCUT2D eigenvalue weighted by molar-refractivity contribution is 8.15. The lowest BCUT2D eigenvalue weighted by Gasteiger charge is -2.12. The first-order valence-electron chi connectivity index (χ1n) is 4.18. The lowest BCUT2D eigenvalue weighted by atomic mass is 10.3. The van der Waals surface area contributed by atoms with E-state index in [-0.39, 0.29) is 11.1 Å². The summed E-state index contributed by atoms with van der Waals surface area (Å²) >= 11 is 2.57. The third-order valence-electron chi connectivity index (χ3n) is 1.94. The quantitative estimate of drug-likeness (QED) is 0.811. The summed E-state index contributed by atoms with van der Waals surface area (Å²) in [5.41, 5.74) is 0.470. The number of nitrogens with one attached hydrogen (secondary N) is 1. The van der Waals surface area contributed by atoms with Gasteiger partial charge in [-0.05, 0) is 13.0 Å². The molecule has 0 unspecified atom stereocenters. The van der Waals surface area contributed by atoms with Crippen molar-refractivity contribution in [3.63, 3.8) is 0 Å². The molecule has 1 aromatic heterocycles. The largest absolute Gasteiger partial charge is 0.278 e. The van der Waals surface area contributed by atoms with Gasteiger partial charge in [-0.15, -0.1) is 11.3 Å². The van der Waals surface area contributed by atoms with Crippen LogP contribution in [0.5, 0.6) is 0 Å². The molecule has 1 N–H and O–H groups in total. The van der Waals surface area contributed by atoms with Gasteiger partial charge in [-0.25, -0.2) is 4.90 Å². The van der Waals surface area contributed by atoms with Crippen LogP contribution in [0.1, 0.15) is 10.4 Å². The van der Waals surface area contributed by atoms with Crippen LogP contribution in [-0.4, -0.2) is 16.8 Å². The third kappa shape index (κ3) is 1.64. The van der Waals surface area contributed by atoms with Crippen LogP contribution in [-0.2, 0) is 4.79 Å². The number of nitriles is 1. The van der Waals surface area contributed by atoms with Crippen molar-refractivity contribution >= 4 is 39.2 Å². The van der Waals surface area contributed by atoms with Gasteiger partial charge in [0.25, 0.3) is 0 Å². The van der Waals surface area contributed by atoms with Crippen LogP contribution in [0.3, 0.4) is 0 Å². The van der Waals surface area contributed by atoms with Gasteiger partial charge in [-0.3, -0.25) is 10.2 Å². The van der Waals surface area contributed by atoms with Crippen LogP contribution in [0.4, 0.5) is 5.00 Å². The summed E-state index contributed by atoms with van der Waals surface area (Å²) in [7, 11) is 0. The Morgan fingerprint density at radius 2 is 2.40 bits per heavy atom. The second kappa shape index (κ2) is 3.68. The average Bonchev–Trinajstić information content (AvgIpc) is 2.70. The first kappa shape index (κ1) is 10.2. The molecule has 2 heterocycles. The molecule has 1 aliphatic rings. The standard InChI is InChI=1S/C9H7N3OS2/c1-5-2-6(3-10)8(15-5)12-7(13)4-14-9(12)11/h2,11H,4H2,1H3. The van der Waals surface area contributed by atoms with Crippen LogP contribution in [0.2, 0.25) is 0 Å². The summed E-state index contributed by atoms with van der Waals surface area (Å²) in [6.07, 6.45) is 0. The summed E-state index contributed by atoms with van der Waals surface area (Å²) in [5, 5.41) is 17.3. The number of carbonyl (C=O) groups is 1. The molecular formula is C9H7N3OS2. The van der Waals surface area contributed by atoms with Crippen molar-refractivity contribution in [1.29, 1.82) is 10.7 Å². The van der Waals surface area contributed by atoms with E-state index in [2.05, 4.69) is 0 Å². The van der Waals surface area contributed by atoms with Gasteiger partial charge in [-0.1, -0.05) is 11.8 Å². The normalized spacial score (nSPS) is 15.9. The molecule has 1 aromatic rings. The van der Waals surface area contributed by atoms with Crippen LogP contribution < -0.4 is 4.90 Å². The molecule has 0 bridgehead atoms. The fraction of sp³-hybridized carbons (Fsp3) is 0.222. The molecule has 0 aromatic carbocycles. The minimum atomic E-state index is -0.122. The Bertz CT molecular complexity index is 470. The summed E-state index contributed by atoms with van der Waals surface area (Å²) in [5.74, 6) is 0.170. The van der Waals surface area contributed by atoms with Crippen molar-refractivity contribution in [1.82, 2.24) is 0 Å². The number of anilines is 1. The summed E-state index contributed by atoms with van der Waals surface area (Å²) in [6, 6.07) is 3.78. The first-order valence-corrected chi connectivity index (χ1v) is 5.98. The molecule has 1 aliphatic heterocycles. The van der Waals surface area contributed by atoms with E-state index in [4.69, 9.17) is 10.7 Å². The van der Waals surface area contributed by atoms with Gasteiger partial charge >= 0.3 is 0 Å². The highest BCUT2D eigenvalue weighted by atomic mass is 32.2. The molecule has 0 radical (unpaired) electrons. The Morgan fingerprint density at radius 3 is 2.93 bits per heavy atom. The summed E-state index contributed by atoms with van der Waals surface area (Å²) in [6.45, 7) is 1.88. The average molecular weight is 237 g/mol. The topological polar surface area (TPSA) is 68.0 Å². The Kier molecular flexibility index (Phi) is 2.50. The van der Waals surface area contributed by atoms with Crippen LogP contribution in [0.15, 0.2) is 6.07 Å². The number of carbonyl (C=O) groups excluding carboxylic acids is 1. The highest BCUT2D eigenvalue weighted by Gasteiger charge is 2.31. The highest BCUT2D eigenvalue weighted by Crippen LogP contribution is 2.35. The predicted molar refractivity (Wildman–Crippen MR) is 61.4 cm³/mol. The zero-order chi connectivity index (χ0) is 11.0. The second-order valence-electron chi connectivity index (χ2n) is 3.01. The predicted octanol–water partition coefficient (Wildman–Crippen LogP) is 1.94. The van der Waals surface area contributed by atoms with E-state index in [1.165, 1.54) is 28.0 Å². The molecule has 0 aliphatic carbocycles. The molecule has 6 heteroatoms. The Balaban J connectivity index is 2.49. The molecular weight excluding hydrogens is 230 g/mol. The van der Waals surface area contributed by atoms with Gasteiger partial charge in [0.15, 0.2) is 5.17 Å². The maximum absolute atomic E-state index is 11.5. The Labute approximate surface area is 95.0 Å². The van der Waals surface area contributed by atoms with Gasteiger partial charge in [0.1, 0.15) is 11.1 Å². The van der Waals surface area contributed by atoms with Crippen LogP contribution in [0, 0.1) is 23.7 Å². The number of thioether (sulfide) groups is 1. The number of amides is 1. The fourth-order valence-electron chi connectivity index (χ4n) is 1.33. The van der Waals surface area contributed by atoms with Crippen LogP contribution >= 0.6 is 23.1 Å². The molecule has 0 saturated carbocycles. The number of thiophene rings is 1. The number of amidine groups is 1. The maximum Gasteiger partial charge on any atom is 0.244 e. The number of hydrogen-bond acceptors (Lipinski definition) is 5. The van der Waals surface area contributed by atoms with Gasteiger partial charge < -0.3 is 0 Å². The Morgan fingerprint density at radius 1 is 1.67 bits per heavy atom. The van der Waals surface area contributed by atoms with Gasteiger partial charge in [0.05, 0.1) is 11.3 Å². The van der Waals surface area contributed by atoms with E-state index < -0.39 is 0 Å². The molecule has 1 amide bonds. The van der Waals surface area contributed by atoms with E-state index in [9.17, 15) is 4.79 Å². The number of hydrogen-bond donors (Lipinski definition) is 1. The van der Waals surface area contributed by atoms with E-state index >= 15 is 0 Å². The molecule has 15 heavy (non-hydrogen) atoms. The lowest BCUT2D eigenvalue weighted by molar-refractivity contribution is -0.115. The van der Waals surface area contributed by atoms with E-state index in [1.807, 2.05) is 13.0 Å². The lowest BCUT2D eigenvalue weighted by Crippen LogP contribution is -2.28. The van der Waals surface area contributed by atoms with Crippen molar-refractivity contribution in [2.75, 3.05) is 10.7 Å². The van der Waals surface area contributed by atoms with Crippen molar-refractivity contribution in [2.45, 2.75) is 6.92 Å². The zero-order valence-electron chi connectivity index (χ0n) is 7.90. The fourth-order valence-corrected chi connectivity index (χ4v) is 3.08. The summed E-state index contributed by atoms with van der Waals surface area (Å²) < 4.78 is 0. The van der Waals surface area contributed by atoms with Crippen molar-refractivity contribution in [3.8, 4) is 6.07 Å². The SMILES string of the molecule is Cc1cc(C#N)c(N2C(=N)SCC2=O)s1. The minimum Gasteiger partial charge on any atom is -0.278 e. The van der Waals surface area contributed by atoms with Crippen molar-refractivity contribution in [3.05, 3.63) is 16.5 Å². The van der Waals surface area contributed by atoms with E-state index in [0.29, 0.717) is 16.3 Å². The van der Waals surface area contributed by atoms with Crippen LogP contribution in [0.25, 0.3) is 0 Å². The molecule has 0 atom stereocenters. The number of aryl methyl sites for hydroxylation is 1. The third-order valence-corrected chi connectivity index (χ3v) is 3.83.